The first kappa shape index (κ1) is 18.7. The molecule has 0 fully saturated rings. The molecule has 0 saturated carbocycles. The first-order chi connectivity index (χ1) is 13.0. The van der Waals surface area contributed by atoms with Crippen LogP contribution in [-0.2, 0) is 11.3 Å². The Morgan fingerprint density at radius 2 is 1.85 bits per heavy atom. The first-order valence-corrected chi connectivity index (χ1v) is 9.33. The molecule has 2 aromatic carbocycles. The van der Waals surface area contributed by atoms with Crippen molar-refractivity contribution in [2.75, 3.05) is 5.32 Å². The van der Waals surface area contributed by atoms with E-state index in [2.05, 4.69) is 22.4 Å². The molecule has 0 saturated heterocycles. The topological polar surface area (TPSA) is 90.0 Å². The van der Waals surface area contributed by atoms with Gasteiger partial charge in [-0.05, 0) is 36.8 Å². The standard InChI is InChI=1S/C20H20N4O2S/c1-14(19(26)23-17-9-7-16(8-10-17)18(21)25)27-20-22-11-12-24(20)13-15-5-3-2-4-6-15/h2-12,14H,13H2,1H3,(H2,21,25)(H,23,26). The molecule has 1 atom stereocenters. The number of nitrogens with two attached hydrogens (primary N) is 1. The smallest absolute Gasteiger partial charge is 0.248 e. The number of hydrogen-bond donors (Lipinski definition) is 2. The minimum absolute atomic E-state index is 0.138. The summed E-state index contributed by atoms with van der Waals surface area (Å²) in [5.74, 6) is -0.636. The largest absolute Gasteiger partial charge is 0.366 e. The van der Waals surface area contributed by atoms with Gasteiger partial charge in [-0.15, -0.1) is 0 Å². The molecule has 0 aliphatic rings. The molecule has 2 amide bonds. The van der Waals surface area contributed by atoms with Crippen molar-refractivity contribution in [3.63, 3.8) is 0 Å². The predicted molar refractivity (Wildman–Crippen MR) is 107 cm³/mol. The molecule has 3 N–H and O–H groups in total. The third-order valence-corrected chi connectivity index (χ3v) is 5.08. The normalized spacial score (nSPS) is 11.7. The fourth-order valence-corrected chi connectivity index (χ4v) is 3.35. The Morgan fingerprint density at radius 1 is 1.15 bits per heavy atom. The molecular weight excluding hydrogens is 360 g/mol. The number of hydrogen-bond acceptors (Lipinski definition) is 4. The zero-order chi connectivity index (χ0) is 19.2. The van der Waals surface area contributed by atoms with Crippen LogP contribution in [0.4, 0.5) is 5.69 Å². The fourth-order valence-electron chi connectivity index (χ4n) is 2.49. The maximum atomic E-state index is 12.5. The first-order valence-electron chi connectivity index (χ1n) is 8.45. The molecule has 0 aliphatic heterocycles. The fraction of sp³-hybridized carbons (Fsp3) is 0.150. The van der Waals surface area contributed by atoms with Crippen molar-refractivity contribution in [1.29, 1.82) is 0 Å². The Kier molecular flexibility index (Phi) is 5.93. The van der Waals surface area contributed by atoms with Gasteiger partial charge in [0, 0.05) is 30.2 Å². The van der Waals surface area contributed by atoms with E-state index < -0.39 is 5.91 Å². The summed E-state index contributed by atoms with van der Waals surface area (Å²) in [6.45, 7) is 2.53. The van der Waals surface area contributed by atoms with Crippen LogP contribution in [0, 0.1) is 0 Å². The number of nitrogens with one attached hydrogen (secondary N) is 1. The molecule has 0 radical (unpaired) electrons. The van der Waals surface area contributed by atoms with Crippen molar-refractivity contribution in [1.82, 2.24) is 9.55 Å². The average Bonchev–Trinajstić information content (AvgIpc) is 3.09. The van der Waals surface area contributed by atoms with Gasteiger partial charge in [-0.3, -0.25) is 9.59 Å². The number of anilines is 1. The van der Waals surface area contributed by atoms with Crippen LogP contribution in [-0.4, -0.2) is 26.6 Å². The number of carbonyl (C=O) groups excluding carboxylic acids is 2. The molecule has 138 valence electrons. The van der Waals surface area contributed by atoms with Crippen molar-refractivity contribution < 1.29 is 9.59 Å². The van der Waals surface area contributed by atoms with Crippen LogP contribution >= 0.6 is 11.8 Å². The summed E-state index contributed by atoms with van der Waals surface area (Å²) in [6, 6.07) is 16.6. The summed E-state index contributed by atoms with van der Waals surface area (Å²) in [4.78, 5) is 27.9. The number of primary amides is 1. The molecule has 1 heterocycles. The number of benzene rings is 2. The van der Waals surface area contributed by atoms with E-state index in [0.29, 0.717) is 17.8 Å². The summed E-state index contributed by atoms with van der Waals surface area (Å²) in [5, 5.41) is 3.29. The number of carbonyl (C=O) groups is 2. The highest BCUT2D eigenvalue weighted by atomic mass is 32.2. The molecule has 6 nitrogen and oxygen atoms in total. The molecule has 1 aromatic heterocycles. The van der Waals surface area contributed by atoms with Crippen molar-refractivity contribution in [2.24, 2.45) is 5.73 Å². The SMILES string of the molecule is CC(Sc1nccn1Cc1ccccc1)C(=O)Nc1ccc(C(N)=O)cc1. The van der Waals surface area contributed by atoms with E-state index in [0.717, 1.165) is 5.16 Å². The minimum atomic E-state index is -0.498. The van der Waals surface area contributed by atoms with Gasteiger partial charge in [0.1, 0.15) is 0 Å². The zero-order valence-electron chi connectivity index (χ0n) is 14.8. The average molecular weight is 380 g/mol. The summed E-state index contributed by atoms with van der Waals surface area (Å²) >= 11 is 1.40. The lowest BCUT2D eigenvalue weighted by Crippen LogP contribution is -2.23. The summed E-state index contributed by atoms with van der Waals surface area (Å²) in [6.07, 6.45) is 3.64. The van der Waals surface area contributed by atoms with E-state index in [1.807, 2.05) is 35.9 Å². The van der Waals surface area contributed by atoms with Gasteiger partial charge in [-0.2, -0.15) is 0 Å². The summed E-state index contributed by atoms with van der Waals surface area (Å²) in [5.41, 5.74) is 7.41. The third-order valence-electron chi connectivity index (χ3n) is 3.96. The molecule has 27 heavy (non-hydrogen) atoms. The van der Waals surface area contributed by atoms with E-state index >= 15 is 0 Å². The minimum Gasteiger partial charge on any atom is -0.366 e. The van der Waals surface area contributed by atoms with Crippen LogP contribution < -0.4 is 11.1 Å². The second kappa shape index (κ2) is 8.55. The molecule has 1 unspecified atom stereocenters. The van der Waals surface area contributed by atoms with Crippen LogP contribution in [0.15, 0.2) is 72.1 Å². The van der Waals surface area contributed by atoms with E-state index in [1.165, 1.54) is 17.3 Å². The number of rotatable bonds is 7. The maximum Gasteiger partial charge on any atom is 0.248 e. The molecular formula is C20H20N4O2S. The molecule has 0 bridgehead atoms. The van der Waals surface area contributed by atoms with Crippen LogP contribution in [0.2, 0.25) is 0 Å². The predicted octanol–water partition coefficient (Wildman–Crippen LogP) is 3.15. The summed E-state index contributed by atoms with van der Waals surface area (Å²) in [7, 11) is 0. The maximum absolute atomic E-state index is 12.5. The van der Waals surface area contributed by atoms with Gasteiger partial charge in [0.25, 0.3) is 0 Å². The second-order valence-electron chi connectivity index (χ2n) is 6.01. The number of nitrogens with zero attached hydrogens (tertiary/aromatic N) is 2. The van der Waals surface area contributed by atoms with Gasteiger partial charge in [-0.25, -0.2) is 4.98 Å². The Hall–Kier alpha value is -3.06. The van der Waals surface area contributed by atoms with E-state index in [9.17, 15) is 9.59 Å². The van der Waals surface area contributed by atoms with Gasteiger partial charge in [0.15, 0.2) is 5.16 Å². The Morgan fingerprint density at radius 3 is 2.52 bits per heavy atom. The Bertz CT molecular complexity index is 923. The highest BCUT2D eigenvalue weighted by Crippen LogP contribution is 2.23. The van der Waals surface area contributed by atoms with Gasteiger partial charge >= 0.3 is 0 Å². The monoisotopic (exact) mass is 380 g/mol. The van der Waals surface area contributed by atoms with Crippen molar-refractivity contribution in [3.8, 4) is 0 Å². The Labute approximate surface area is 161 Å². The number of aromatic nitrogens is 2. The van der Waals surface area contributed by atoms with Crippen LogP contribution in [0.3, 0.4) is 0 Å². The van der Waals surface area contributed by atoms with E-state index in [-0.39, 0.29) is 11.2 Å². The molecule has 3 aromatic rings. The van der Waals surface area contributed by atoms with Gasteiger partial charge < -0.3 is 15.6 Å². The zero-order valence-corrected chi connectivity index (χ0v) is 15.6. The molecule has 0 aliphatic carbocycles. The lowest BCUT2D eigenvalue weighted by atomic mass is 10.2. The number of thioether (sulfide) groups is 1. The Balaban J connectivity index is 1.61. The van der Waals surface area contributed by atoms with Crippen molar-refractivity contribution in [2.45, 2.75) is 23.9 Å². The van der Waals surface area contributed by atoms with Crippen LogP contribution in [0.25, 0.3) is 0 Å². The second-order valence-corrected chi connectivity index (χ2v) is 7.32. The lowest BCUT2D eigenvalue weighted by Gasteiger charge is -2.13. The lowest BCUT2D eigenvalue weighted by molar-refractivity contribution is -0.115. The molecule has 7 heteroatoms. The highest BCUT2D eigenvalue weighted by Gasteiger charge is 2.17. The van der Waals surface area contributed by atoms with Gasteiger partial charge in [0.05, 0.1) is 5.25 Å². The summed E-state index contributed by atoms with van der Waals surface area (Å²) < 4.78 is 2.02. The van der Waals surface area contributed by atoms with Crippen LogP contribution in [0.5, 0.6) is 0 Å². The highest BCUT2D eigenvalue weighted by molar-refractivity contribution is 8.00. The van der Waals surface area contributed by atoms with E-state index in [1.54, 1.807) is 30.5 Å². The van der Waals surface area contributed by atoms with Gasteiger partial charge in [-0.1, -0.05) is 42.1 Å². The third kappa shape index (κ3) is 4.98. The molecule has 0 spiro atoms. The van der Waals surface area contributed by atoms with E-state index in [4.69, 9.17) is 5.73 Å². The van der Waals surface area contributed by atoms with Crippen molar-refractivity contribution >= 4 is 29.3 Å². The number of imidazole rings is 1. The number of amides is 2. The molecule has 3 rings (SSSR count). The van der Waals surface area contributed by atoms with Crippen molar-refractivity contribution in [3.05, 3.63) is 78.1 Å². The quantitative estimate of drug-likeness (QED) is 0.616. The van der Waals surface area contributed by atoms with Crippen LogP contribution in [0.1, 0.15) is 22.8 Å². The van der Waals surface area contributed by atoms with Gasteiger partial charge in [0.2, 0.25) is 11.8 Å².